The molecule has 0 spiro atoms. The lowest BCUT2D eigenvalue weighted by molar-refractivity contribution is -0.122. The summed E-state index contributed by atoms with van der Waals surface area (Å²) >= 11 is 0. The van der Waals surface area contributed by atoms with Gasteiger partial charge in [-0.3, -0.25) is 4.79 Å². The van der Waals surface area contributed by atoms with Crippen molar-refractivity contribution in [3.8, 4) is 0 Å². The molecule has 1 aliphatic carbocycles. The van der Waals surface area contributed by atoms with Crippen LogP contribution in [0.15, 0.2) is 30.3 Å². The average molecular weight is 270 g/mol. The molecule has 0 bridgehead atoms. The van der Waals surface area contributed by atoms with Crippen LogP contribution in [0.4, 0.5) is 5.82 Å². The first-order valence-electron chi connectivity index (χ1n) is 6.78. The Labute approximate surface area is 117 Å². The molecule has 5 heteroatoms. The molecule has 1 aromatic heterocycles. The molecule has 0 radical (unpaired) electrons. The average Bonchev–Trinajstić information content (AvgIpc) is 2.92. The molecular weight excluding hydrogens is 252 g/mol. The van der Waals surface area contributed by atoms with Gasteiger partial charge in [-0.2, -0.15) is 5.10 Å². The van der Waals surface area contributed by atoms with Gasteiger partial charge in [0.2, 0.25) is 5.91 Å². The van der Waals surface area contributed by atoms with Crippen molar-refractivity contribution < 1.29 is 4.79 Å². The van der Waals surface area contributed by atoms with Crippen LogP contribution < -0.4 is 11.1 Å². The van der Waals surface area contributed by atoms with E-state index in [4.69, 9.17) is 5.73 Å². The summed E-state index contributed by atoms with van der Waals surface area (Å²) in [6.07, 6.45) is 1.80. The van der Waals surface area contributed by atoms with Gasteiger partial charge in [0.1, 0.15) is 12.4 Å². The number of carbonyl (C=O) groups is 1. The second-order valence-electron chi connectivity index (χ2n) is 5.31. The standard InChI is InChI=1S/C15H18N4O/c1-10-6-14(16)19(18-10)9-15(20)17-13-7-11-4-2-3-5-12(11)8-13/h2-6,13H,7-9,16H2,1H3,(H,17,20). The number of hydrogen-bond acceptors (Lipinski definition) is 3. The predicted octanol–water partition coefficient (Wildman–Crippen LogP) is 1.06. The first-order chi connectivity index (χ1) is 9.61. The molecule has 3 rings (SSSR count). The summed E-state index contributed by atoms with van der Waals surface area (Å²) in [6, 6.07) is 10.3. The Hall–Kier alpha value is -2.30. The fraction of sp³-hybridized carbons (Fsp3) is 0.333. The maximum absolute atomic E-state index is 12.1. The summed E-state index contributed by atoms with van der Waals surface area (Å²) in [4.78, 5) is 12.1. The highest BCUT2D eigenvalue weighted by Gasteiger charge is 2.22. The van der Waals surface area contributed by atoms with Crippen LogP contribution in [0.5, 0.6) is 0 Å². The van der Waals surface area contributed by atoms with Crippen molar-refractivity contribution in [1.82, 2.24) is 15.1 Å². The Bertz CT molecular complexity index is 622. The second kappa shape index (κ2) is 5.00. The minimum absolute atomic E-state index is 0.0439. The van der Waals surface area contributed by atoms with Gasteiger partial charge < -0.3 is 11.1 Å². The number of nitrogens with one attached hydrogen (secondary N) is 1. The first-order valence-corrected chi connectivity index (χ1v) is 6.78. The van der Waals surface area contributed by atoms with Crippen LogP contribution in [0, 0.1) is 6.92 Å². The van der Waals surface area contributed by atoms with Crippen LogP contribution in [-0.2, 0) is 24.2 Å². The summed E-state index contributed by atoms with van der Waals surface area (Å²) in [7, 11) is 0. The molecule has 104 valence electrons. The van der Waals surface area contributed by atoms with Crippen LogP contribution >= 0.6 is 0 Å². The Morgan fingerprint density at radius 2 is 2.05 bits per heavy atom. The zero-order chi connectivity index (χ0) is 14.1. The number of amides is 1. The summed E-state index contributed by atoms with van der Waals surface area (Å²) < 4.78 is 1.53. The van der Waals surface area contributed by atoms with Gasteiger partial charge in [0.05, 0.1) is 5.69 Å². The van der Waals surface area contributed by atoms with Crippen LogP contribution in [0.2, 0.25) is 0 Å². The number of carbonyl (C=O) groups excluding carboxylic acids is 1. The maximum atomic E-state index is 12.1. The summed E-state index contributed by atoms with van der Waals surface area (Å²) in [5.74, 6) is 0.477. The number of fused-ring (bicyclic) bond motifs is 1. The van der Waals surface area contributed by atoms with E-state index in [0.717, 1.165) is 18.5 Å². The second-order valence-corrected chi connectivity index (χ2v) is 5.31. The van der Waals surface area contributed by atoms with Gasteiger partial charge in [-0.1, -0.05) is 24.3 Å². The van der Waals surface area contributed by atoms with Crippen LogP contribution in [-0.4, -0.2) is 21.7 Å². The summed E-state index contributed by atoms with van der Waals surface area (Å²) in [6.45, 7) is 2.03. The molecule has 1 aromatic carbocycles. The molecule has 5 nitrogen and oxygen atoms in total. The molecule has 0 unspecified atom stereocenters. The topological polar surface area (TPSA) is 72.9 Å². The molecule has 1 amide bonds. The van der Waals surface area contributed by atoms with E-state index in [2.05, 4.69) is 22.5 Å². The molecule has 1 aliphatic rings. The number of benzene rings is 1. The molecule has 0 aliphatic heterocycles. The SMILES string of the molecule is Cc1cc(N)n(CC(=O)NC2Cc3ccccc3C2)n1. The van der Waals surface area contributed by atoms with Crippen molar-refractivity contribution in [3.05, 3.63) is 47.2 Å². The smallest absolute Gasteiger partial charge is 0.242 e. The van der Waals surface area contributed by atoms with Crippen molar-refractivity contribution in [2.75, 3.05) is 5.73 Å². The first kappa shape index (κ1) is 12.7. The Morgan fingerprint density at radius 1 is 1.40 bits per heavy atom. The summed E-state index contributed by atoms with van der Waals surface area (Å²) in [5, 5.41) is 7.25. The molecular formula is C15H18N4O. The van der Waals surface area contributed by atoms with Gasteiger partial charge in [0, 0.05) is 12.1 Å². The third kappa shape index (κ3) is 2.52. The maximum Gasteiger partial charge on any atom is 0.242 e. The highest BCUT2D eigenvalue weighted by atomic mass is 16.2. The zero-order valence-electron chi connectivity index (χ0n) is 11.5. The number of anilines is 1. The third-order valence-corrected chi connectivity index (χ3v) is 3.64. The van der Waals surface area contributed by atoms with Crippen molar-refractivity contribution >= 4 is 11.7 Å². The van der Waals surface area contributed by atoms with Crippen LogP contribution in [0.3, 0.4) is 0 Å². The Morgan fingerprint density at radius 3 is 2.60 bits per heavy atom. The molecule has 0 saturated heterocycles. The minimum Gasteiger partial charge on any atom is -0.384 e. The van der Waals surface area contributed by atoms with Gasteiger partial charge >= 0.3 is 0 Å². The van der Waals surface area contributed by atoms with Gasteiger partial charge in [-0.05, 0) is 30.9 Å². The largest absolute Gasteiger partial charge is 0.384 e. The molecule has 0 saturated carbocycles. The number of aromatic nitrogens is 2. The van der Waals surface area contributed by atoms with Crippen molar-refractivity contribution in [2.24, 2.45) is 0 Å². The van der Waals surface area contributed by atoms with E-state index < -0.39 is 0 Å². The van der Waals surface area contributed by atoms with E-state index in [1.54, 1.807) is 6.07 Å². The quantitative estimate of drug-likeness (QED) is 0.876. The van der Waals surface area contributed by atoms with Gasteiger partial charge in [-0.15, -0.1) is 0 Å². The number of nitrogen functional groups attached to an aromatic ring is 1. The van der Waals surface area contributed by atoms with E-state index in [1.165, 1.54) is 15.8 Å². The zero-order valence-corrected chi connectivity index (χ0v) is 11.5. The fourth-order valence-corrected chi connectivity index (χ4v) is 2.76. The molecule has 1 heterocycles. The van der Waals surface area contributed by atoms with Crippen molar-refractivity contribution in [1.29, 1.82) is 0 Å². The van der Waals surface area contributed by atoms with Crippen molar-refractivity contribution in [3.63, 3.8) is 0 Å². The van der Waals surface area contributed by atoms with Gasteiger partial charge in [0.25, 0.3) is 0 Å². The summed E-state index contributed by atoms with van der Waals surface area (Å²) in [5.41, 5.74) is 9.26. The Kier molecular flexibility index (Phi) is 3.18. The fourth-order valence-electron chi connectivity index (χ4n) is 2.76. The lowest BCUT2D eigenvalue weighted by atomic mass is 10.1. The van der Waals surface area contributed by atoms with E-state index in [9.17, 15) is 4.79 Å². The highest BCUT2D eigenvalue weighted by Crippen LogP contribution is 2.21. The molecule has 3 N–H and O–H groups in total. The number of nitrogens with zero attached hydrogens (tertiary/aromatic N) is 2. The van der Waals surface area contributed by atoms with Crippen molar-refractivity contribution in [2.45, 2.75) is 32.4 Å². The van der Waals surface area contributed by atoms with Crippen LogP contribution in [0.25, 0.3) is 0 Å². The normalized spacial score (nSPS) is 14.2. The molecule has 0 atom stereocenters. The third-order valence-electron chi connectivity index (χ3n) is 3.64. The minimum atomic E-state index is -0.0439. The van der Waals surface area contributed by atoms with Crippen LogP contribution in [0.1, 0.15) is 16.8 Å². The van der Waals surface area contributed by atoms with E-state index >= 15 is 0 Å². The molecule has 0 fully saturated rings. The van der Waals surface area contributed by atoms with E-state index in [0.29, 0.717) is 5.82 Å². The number of hydrogen-bond donors (Lipinski definition) is 2. The highest BCUT2D eigenvalue weighted by molar-refractivity contribution is 5.76. The van der Waals surface area contributed by atoms with Gasteiger partial charge in [-0.25, -0.2) is 4.68 Å². The van der Waals surface area contributed by atoms with E-state index in [1.807, 2.05) is 19.1 Å². The van der Waals surface area contributed by atoms with Gasteiger partial charge in [0.15, 0.2) is 0 Å². The molecule has 20 heavy (non-hydrogen) atoms. The monoisotopic (exact) mass is 270 g/mol. The predicted molar refractivity (Wildman–Crippen MR) is 77.2 cm³/mol. The number of aryl methyl sites for hydroxylation is 1. The lowest BCUT2D eigenvalue weighted by Crippen LogP contribution is -2.37. The molecule has 2 aromatic rings. The number of nitrogens with two attached hydrogens (primary N) is 1. The number of rotatable bonds is 3. The van der Waals surface area contributed by atoms with E-state index in [-0.39, 0.29) is 18.5 Å². The lowest BCUT2D eigenvalue weighted by Gasteiger charge is -2.12. The Balaban J connectivity index is 1.60.